The summed E-state index contributed by atoms with van der Waals surface area (Å²) in [6.07, 6.45) is 0. The zero-order valence-electron chi connectivity index (χ0n) is 15.1. The lowest BCUT2D eigenvalue weighted by molar-refractivity contribution is -0.118. The molecule has 3 aromatic rings. The van der Waals surface area contributed by atoms with Gasteiger partial charge in [0.1, 0.15) is 17.3 Å². The van der Waals surface area contributed by atoms with Crippen LogP contribution in [-0.2, 0) is 27.9 Å². The van der Waals surface area contributed by atoms with Crippen LogP contribution < -0.4 is 5.32 Å². The minimum atomic E-state index is -1.44. The van der Waals surface area contributed by atoms with Crippen molar-refractivity contribution in [3.05, 3.63) is 76.4 Å². The van der Waals surface area contributed by atoms with Gasteiger partial charge >= 0.3 is 0 Å². The zero-order chi connectivity index (χ0) is 20.1. The molecule has 0 saturated carbocycles. The Balaban J connectivity index is 1.55. The summed E-state index contributed by atoms with van der Waals surface area (Å²) in [7, 11) is -1.44. The second-order valence-corrected chi connectivity index (χ2v) is 8.05. The van der Waals surface area contributed by atoms with E-state index in [-0.39, 0.29) is 29.8 Å². The Bertz CT molecular complexity index is 988. The number of halogens is 2. The van der Waals surface area contributed by atoms with E-state index in [2.05, 4.69) is 10.3 Å². The molecule has 0 aliphatic carbocycles. The average molecular weight is 421 g/mol. The van der Waals surface area contributed by atoms with E-state index in [0.29, 0.717) is 22.4 Å². The summed E-state index contributed by atoms with van der Waals surface area (Å²) < 4.78 is 30.8. The Labute approximate surface area is 169 Å². The number of aryl methyl sites for hydroxylation is 1. The van der Waals surface area contributed by atoms with Crippen molar-refractivity contribution in [1.82, 2.24) is 10.3 Å². The van der Waals surface area contributed by atoms with Crippen LogP contribution in [0.4, 0.5) is 4.39 Å². The third kappa shape index (κ3) is 5.50. The van der Waals surface area contributed by atoms with Crippen LogP contribution in [0.1, 0.15) is 17.0 Å². The number of aromatic nitrogens is 1. The van der Waals surface area contributed by atoms with E-state index in [1.807, 2.05) is 0 Å². The van der Waals surface area contributed by atoms with Gasteiger partial charge in [0.25, 0.3) is 0 Å². The Kier molecular flexibility index (Phi) is 6.59. The summed E-state index contributed by atoms with van der Waals surface area (Å²) in [4.78, 5) is 16.4. The predicted molar refractivity (Wildman–Crippen MR) is 107 cm³/mol. The van der Waals surface area contributed by atoms with Gasteiger partial charge in [0.15, 0.2) is 0 Å². The molecule has 28 heavy (non-hydrogen) atoms. The summed E-state index contributed by atoms with van der Waals surface area (Å²) in [6, 6.07) is 12.9. The Morgan fingerprint density at radius 1 is 1.18 bits per heavy atom. The van der Waals surface area contributed by atoms with Gasteiger partial charge in [-0.2, -0.15) is 0 Å². The number of nitrogens with one attached hydrogen (secondary N) is 1. The van der Waals surface area contributed by atoms with Crippen molar-refractivity contribution in [3.63, 3.8) is 0 Å². The lowest BCUT2D eigenvalue weighted by Crippen LogP contribution is -2.28. The van der Waals surface area contributed by atoms with Crippen molar-refractivity contribution < 1.29 is 17.8 Å². The van der Waals surface area contributed by atoms with E-state index in [0.717, 1.165) is 11.1 Å². The molecule has 1 N–H and O–H groups in total. The quantitative estimate of drug-likeness (QED) is 0.626. The smallest absolute Gasteiger partial charge is 0.232 e. The fourth-order valence-corrected chi connectivity index (χ4v) is 3.68. The van der Waals surface area contributed by atoms with Gasteiger partial charge in [-0.1, -0.05) is 23.7 Å². The van der Waals surface area contributed by atoms with Gasteiger partial charge < -0.3 is 9.73 Å². The molecule has 2 aromatic carbocycles. The van der Waals surface area contributed by atoms with E-state index in [1.165, 1.54) is 12.1 Å². The van der Waals surface area contributed by atoms with Crippen molar-refractivity contribution in [2.75, 3.05) is 5.75 Å². The first-order chi connectivity index (χ1) is 13.4. The topological polar surface area (TPSA) is 72.2 Å². The van der Waals surface area contributed by atoms with E-state index >= 15 is 0 Å². The number of carbonyl (C=O) groups excluding carboxylic acids is 1. The monoisotopic (exact) mass is 420 g/mol. The van der Waals surface area contributed by atoms with Crippen LogP contribution >= 0.6 is 11.6 Å². The first-order valence-electron chi connectivity index (χ1n) is 8.49. The molecule has 1 aromatic heterocycles. The van der Waals surface area contributed by atoms with Crippen LogP contribution in [-0.4, -0.2) is 20.9 Å². The van der Waals surface area contributed by atoms with Crippen molar-refractivity contribution in [3.8, 4) is 11.5 Å². The molecule has 0 spiro atoms. The number of carbonyl (C=O) groups is 1. The third-order valence-electron chi connectivity index (χ3n) is 3.98. The molecule has 8 heteroatoms. The molecule has 146 valence electrons. The summed E-state index contributed by atoms with van der Waals surface area (Å²) >= 11 is 5.88. The van der Waals surface area contributed by atoms with Crippen molar-refractivity contribution >= 4 is 28.3 Å². The number of oxazole rings is 1. The van der Waals surface area contributed by atoms with Gasteiger partial charge in [0.05, 0.1) is 11.4 Å². The molecular formula is C20H18ClFN2O3S. The van der Waals surface area contributed by atoms with Crippen LogP contribution in [0.2, 0.25) is 5.02 Å². The molecule has 5 nitrogen and oxygen atoms in total. The van der Waals surface area contributed by atoms with Crippen molar-refractivity contribution in [2.45, 2.75) is 19.2 Å². The predicted octanol–water partition coefficient (Wildman–Crippen LogP) is 4.01. The molecule has 0 bridgehead atoms. The summed E-state index contributed by atoms with van der Waals surface area (Å²) in [5.41, 5.74) is 2.08. The van der Waals surface area contributed by atoms with Gasteiger partial charge in [0, 0.05) is 27.9 Å². The number of amides is 1. The molecule has 0 aliphatic heterocycles. The largest absolute Gasteiger partial charge is 0.441 e. The van der Waals surface area contributed by atoms with Crippen molar-refractivity contribution in [1.29, 1.82) is 0 Å². The van der Waals surface area contributed by atoms with E-state index in [4.69, 9.17) is 16.0 Å². The van der Waals surface area contributed by atoms with Crippen molar-refractivity contribution in [2.24, 2.45) is 0 Å². The molecule has 0 fully saturated rings. The number of benzene rings is 2. The fraction of sp³-hybridized carbons (Fsp3) is 0.200. The average Bonchev–Trinajstić information content (AvgIpc) is 3.02. The SMILES string of the molecule is Cc1oc(-c2ccc(Cl)cc2)nc1CS(=O)CC(=O)NCc1ccc(F)cc1. The van der Waals surface area contributed by atoms with Crippen LogP contribution in [0.3, 0.4) is 0 Å². The summed E-state index contributed by atoms with van der Waals surface area (Å²) in [5.74, 6) is 0.266. The van der Waals surface area contributed by atoms with Gasteiger partial charge in [-0.25, -0.2) is 9.37 Å². The first kappa shape index (κ1) is 20.2. The second-order valence-electron chi connectivity index (χ2n) is 6.16. The third-order valence-corrected chi connectivity index (χ3v) is 5.41. The second kappa shape index (κ2) is 9.12. The molecule has 1 unspecified atom stereocenters. The van der Waals surface area contributed by atoms with Crippen LogP contribution in [0, 0.1) is 12.7 Å². The molecule has 0 aliphatic rings. The molecule has 1 heterocycles. The van der Waals surface area contributed by atoms with Gasteiger partial charge in [0.2, 0.25) is 11.8 Å². The maximum Gasteiger partial charge on any atom is 0.232 e. The normalized spacial score (nSPS) is 12.0. The minimum Gasteiger partial charge on any atom is -0.441 e. The highest BCUT2D eigenvalue weighted by Crippen LogP contribution is 2.24. The Morgan fingerprint density at radius 2 is 1.86 bits per heavy atom. The van der Waals surface area contributed by atoms with Gasteiger partial charge in [-0.3, -0.25) is 9.00 Å². The number of hydrogen-bond acceptors (Lipinski definition) is 4. The summed E-state index contributed by atoms with van der Waals surface area (Å²) in [5, 5.41) is 3.29. The van der Waals surface area contributed by atoms with Crippen LogP contribution in [0.5, 0.6) is 0 Å². The van der Waals surface area contributed by atoms with Crippen LogP contribution in [0.25, 0.3) is 11.5 Å². The Morgan fingerprint density at radius 3 is 2.54 bits per heavy atom. The highest BCUT2D eigenvalue weighted by atomic mass is 35.5. The van der Waals surface area contributed by atoms with E-state index in [9.17, 15) is 13.4 Å². The molecule has 0 radical (unpaired) electrons. The molecule has 1 atom stereocenters. The Hall–Kier alpha value is -2.51. The molecular weight excluding hydrogens is 403 g/mol. The maximum atomic E-state index is 12.9. The first-order valence-corrected chi connectivity index (χ1v) is 10.4. The number of hydrogen-bond donors (Lipinski definition) is 1. The number of nitrogens with zero attached hydrogens (tertiary/aromatic N) is 1. The highest BCUT2D eigenvalue weighted by molar-refractivity contribution is 7.84. The van der Waals surface area contributed by atoms with Gasteiger partial charge in [-0.15, -0.1) is 0 Å². The lowest BCUT2D eigenvalue weighted by atomic mass is 10.2. The van der Waals surface area contributed by atoms with E-state index in [1.54, 1.807) is 43.3 Å². The highest BCUT2D eigenvalue weighted by Gasteiger charge is 2.16. The standard InChI is InChI=1S/C20H18ClFN2O3S/c1-13-18(24-20(27-13)15-4-6-16(21)7-5-15)11-28(26)12-19(25)23-10-14-2-8-17(22)9-3-14/h2-9H,10-12H2,1H3,(H,23,25). The van der Waals surface area contributed by atoms with E-state index < -0.39 is 10.8 Å². The number of rotatable bonds is 7. The van der Waals surface area contributed by atoms with Gasteiger partial charge in [-0.05, 0) is 48.9 Å². The minimum absolute atomic E-state index is 0.118. The fourth-order valence-electron chi connectivity index (χ4n) is 2.48. The molecule has 0 saturated heterocycles. The molecule has 3 rings (SSSR count). The lowest BCUT2D eigenvalue weighted by Gasteiger charge is -2.05. The zero-order valence-corrected chi connectivity index (χ0v) is 16.6. The maximum absolute atomic E-state index is 12.9. The molecule has 1 amide bonds. The van der Waals surface area contributed by atoms with Crippen LogP contribution in [0.15, 0.2) is 52.9 Å². The summed E-state index contributed by atoms with van der Waals surface area (Å²) in [6.45, 7) is 1.99.